The van der Waals surface area contributed by atoms with Gasteiger partial charge in [0.05, 0.1) is 21.2 Å². The summed E-state index contributed by atoms with van der Waals surface area (Å²) in [6, 6.07) is 13.0. The highest BCUT2D eigenvalue weighted by Crippen LogP contribution is 2.36. The van der Waals surface area contributed by atoms with Crippen molar-refractivity contribution in [1.82, 2.24) is 14.6 Å². The van der Waals surface area contributed by atoms with E-state index in [1.165, 1.54) is 0 Å². The SMILES string of the molecule is Cc1ccc(S(=O)(=O)NCCC(=O)N2CCCC2c2nc3ccccc3s2)cc1C. The lowest BCUT2D eigenvalue weighted by Crippen LogP contribution is -2.34. The normalized spacial score (nSPS) is 17.0. The van der Waals surface area contributed by atoms with Crippen LogP contribution in [0.25, 0.3) is 10.2 Å². The Balaban J connectivity index is 1.40. The number of para-hydroxylation sites is 1. The van der Waals surface area contributed by atoms with Gasteiger partial charge in [0.25, 0.3) is 0 Å². The van der Waals surface area contributed by atoms with E-state index in [2.05, 4.69) is 4.72 Å². The monoisotopic (exact) mass is 443 g/mol. The molecule has 1 fully saturated rings. The van der Waals surface area contributed by atoms with Crippen LogP contribution >= 0.6 is 11.3 Å². The first-order valence-electron chi connectivity index (χ1n) is 10.1. The third-order valence-electron chi connectivity index (χ3n) is 5.59. The molecule has 0 aliphatic carbocycles. The van der Waals surface area contributed by atoms with Crippen LogP contribution in [0.15, 0.2) is 47.4 Å². The molecule has 3 aromatic rings. The number of sulfonamides is 1. The lowest BCUT2D eigenvalue weighted by Gasteiger charge is -2.23. The number of hydrogen-bond acceptors (Lipinski definition) is 5. The second-order valence-corrected chi connectivity index (χ2v) is 10.5. The zero-order valence-corrected chi connectivity index (χ0v) is 18.7. The number of carbonyl (C=O) groups is 1. The average Bonchev–Trinajstić information content (AvgIpc) is 3.36. The van der Waals surface area contributed by atoms with Crippen LogP contribution in [0.4, 0.5) is 0 Å². The zero-order valence-electron chi connectivity index (χ0n) is 17.1. The molecule has 30 heavy (non-hydrogen) atoms. The van der Waals surface area contributed by atoms with Gasteiger partial charge in [-0.05, 0) is 62.1 Å². The van der Waals surface area contributed by atoms with Gasteiger partial charge in [-0.2, -0.15) is 0 Å². The molecule has 6 nitrogen and oxygen atoms in total. The molecule has 8 heteroatoms. The number of hydrogen-bond donors (Lipinski definition) is 1. The Morgan fingerprint density at radius 3 is 2.77 bits per heavy atom. The fourth-order valence-electron chi connectivity index (χ4n) is 3.75. The number of fused-ring (bicyclic) bond motifs is 1. The molecule has 1 aliphatic heterocycles. The van der Waals surface area contributed by atoms with E-state index in [0.717, 1.165) is 39.2 Å². The summed E-state index contributed by atoms with van der Waals surface area (Å²) in [5, 5.41) is 0.956. The molecule has 1 N–H and O–H groups in total. The molecule has 0 bridgehead atoms. The minimum absolute atomic E-state index is 0.0220. The molecule has 2 heterocycles. The molecule has 4 rings (SSSR count). The van der Waals surface area contributed by atoms with Crippen molar-refractivity contribution in [1.29, 1.82) is 0 Å². The molecule has 2 aromatic carbocycles. The first kappa shape index (κ1) is 21.0. The Bertz CT molecular complexity index is 1150. The summed E-state index contributed by atoms with van der Waals surface area (Å²) in [5.74, 6) is -0.0421. The van der Waals surface area contributed by atoms with Gasteiger partial charge in [0, 0.05) is 19.5 Å². The van der Waals surface area contributed by atoms with E-state index in [0.29, 0.717) is 6.54 Å². The number of likely N-dealkylation sites (tertiary alicyclic amines) is 1. The molecule has 1 saturated heterocycles. The van der Waals surface area contributed by atoms with Gasteiger partial charge in [0.15, 0.2) is 0 Å². The second kappa shape index (κ2) is 8.45. The van der Waals surface area contributed by atoms with Gasteiger partial charge in [0.1, 0.15) is 5.01 Å². The predicted molar refractivity (Wildman–Crippen MR) is 119 cm³/mol. The van der Waals surface area contributed by atoms with Crippen molar-refractivity contribution in [3.63, 3.8) is 0 Å². The van der Waals surface area contributed by atoms with Crippen LogP contribution in [0.5, 0.6) is 0 Å². The summed E-state index contributed by atoms with van der Waals surface area (Å²) >= 11 is 1.63. The number of aromatic nitrogens is 1. The van der Waals surface area contributed by atoms with Gasteiger partial charge >= 0.3 is 0 Å². The van der Waals surface area contributed by atoms with E-state index in [9.17, 15) is 13.2 Å². The van der Waals surface area contributed by atoms with E-state index in [1.54, 1.807) is 29.5 Å². The van der Waals surface area contributed by atoms with Gasteiger partial charge in [-0.15, -0.1) is 11.3 Å². The van der Waals surface area contributed by atoms with Crippen LogP contribution in [-0.4, -0.2) is 37.3 Å². The number of rotatable bonds is 6. The van der Waals surface area contributed by atoms with Crippen molar-refractivity contribution >= 4 is 37.5 Å². The van der Waals surface area contributed by atoms with Crippen molar-refractivity contribution in [3.05, 3.63) is 58.6 Å². The molecular formula is C22H25N3O3S2. The van der Waals surface area contributed by atoms with Crippen molar-refractivity contribution in [3.8, 4) is 0 Å². The minimum Gasteiger partial charge on any atom is -0.333 e. The molecule has 0 saturated carbocycles. The first-order valence-corrected chi connectivity index (χ1v) is 12.4. The van der Waals surface area contributed by atoms with Crippen LogP contribution in [0, 0.1) is 13.8 Å². The number of thiazole rings is 1. The minimum atomic E-state index is -3.63. The maximum absolute atomic E-state index is 12.8. The molecule has 1 aliphatic rings. The van der Waals surface area contributed by atoms with E-state index in [1.807, 2.05) is 43.0 Å². The number of benzene rings is 2. The lowest BCUT2D eigenvalue weighted by molar-refractivity contribution is -0.131. The van der Waals surface area contributed by atoms with Crippen LogP contribution in [0.2, 0.25) is 0 Å². The van der Waals surface area contributed by atoms with Gasteiger partial charge in [-0.1, -0.05) is 18.2 Å². The van der Waals surface area contributed by atoms with E-state index >= 15 is 0 Å². The second-order valence-electron chi connectivity index (χ2n) is 7.66. The molecule has 1 atom stereocenters. The van der Waals surface area contributed by atoms with Crippen LogP contribution < -0.4 is 4.72 Å². The summed E-state index contributed by atoms with van der Waals surface area (Å²) in [6.45, 7) is 4.59. The highest BCUT2D eigenvalue weighted by molar-refractivity contribution is 7.89. The third kappa shape index (κ3) is 4.26. The van der Waals surface area contributed by atoms with Crippen LogP contribution in [-0.2, 0) is 14.8 Å². The molecular weight excluding hydrogens is 418 g/mol. The fourth-order valence-corrected chi connectivity index (χ4v) is 5.99. The lowest BCUT2D eigenvalue weighted by atomic mass is 10.1. The van der Waals surface area contributed by atoms with E-state index in [4.69, 9.17) is 4.98 Å². The fraction of sp³-hybridized carbons (Fsp3) is 0.364. The highest BCUT2D eigenvalue weighted by Gasteiger charge is 2.32. The Morgan fingerprint density at radius 1 is 1.20 bits per heavy atom. The topological polar surface area (TPSA) is 79.4 Å². The largest absolute Gasteiger partial charge is 0.333 e. The summed E-state index contributed by atoms with van der Waals surface area (Å²) in [7, 11) is -3.63. The van der Waals surface area contributed by atoms with Gasteiger partial charge < -0.3 is 4.90 Å². The standard InChI is InChI=1S/C22H25N3O3S2/c1-15-9-10-17(14-16(15)2)30(27,28)23-12-11-21(26)25-13-5-7-19(25)22-24-18-6-3-4-8-20(18)29-22/h3-4,6,8-10,14,19,23H,5,7,11-13H2,1-2H3. The van der Waals surface area contributed by atoms with Crippen LogP contribution in [0.3, 0.4) is 0 Å². The van der Waals surface area contributed by atoms with E-state index < -0.39 is 10.0 Å². The average molecular weight is 444 g/mol. The zero-order chi connectivity index (χ0) is 21.3. The number of nitrogens with one attached hydrogen (secondary N) is 1. The van der Waals surface area contributed by atoms with Gasteiger partial charge in [-0.3, -0.25) is 4.79 Å². The Kier molecular flexibility index (Phi) is 5.90. The molecule has 1 unspecified atom stereocenters. The quantitative estimate of drug-likeness (QED) is 0.626. The number of amides is 1. The van der Waals surface area contributed by atoms with Gasteiger partial charge in [-0.25, -0.2) is 18.1 Å². The molecule has 0 spiro atoms. The molecule has 158 valence electrons. The van der Waals surface area contributed by atoms with Crippen molar-refractivity contribution in [2.75, 3.05) is 13.1 Å². The number of nitrogens with zero attached hydrogens (tertiary/aromatic N) is 2. The maximum atomic E-state index is 12.8. The molecule has 1 amide bonds. The summed E-state index contributed by atoms with van der Waals surface area (Å²) in [4.78, 5) is 19.6. The number of aryl methyl sites for hydroxylation is 2. The highest BCUT2D eigenvalue weighted by atomic mass is 32.2. The summed E-state index contributed by atoms with van der Waals surface area (Å²) < 4.78 is 28.8. The third-order valence-corrected chi connectivity index (χ3v) is 8.18. The maximum Gasteiger partial charge on any atom is 0.240 e. The van der Waals surface area contributed by atoms with Crippen molar-refractivity contribution in [2.45, 2.75) is 44.0 Å². The van der Waals surface area contributed by atoms with E-state index in [-0.39, 0.29) is 29.8 Å². The summed E-state index contributed by atoms with van der Waals surface area (Å²) in [6.07, 6.45) is 1.95. The van der Waals surface area contributed by atoms with Crippen molar-refractivity contribution in [2.24, 2.45) is 0 Å². The van der Waals surface area contributed by atoms with Crippen molar-refractivity contribution < 1.29 is 13.2 Å². The number of carbonyl (C=O) groups excluding carboxylic acids is 1. The first-order chi connectivity index (χ1) is 14.3. The Morgan fingerprint density at radius 2 is 2.00 bits per heavy atom. The smallest absolute Gasteiger partial charge is 0.240 e. The van der Waals surface area contributed by atoms with Gasteiger partial charge in [0.2, 0.25) is 15.9 Å². The summed E-state index contributed by atoms with van der Waals surface area (Å²) in [5.41, 5.74) is 2.92. The predicted octanol–water partition coefficient (Wildman–Crippen LogP) is 3.95. The van der Waals surface area contributed by atoms with Crippen LogP contribution in [0.1, 0.15) is 41.4 Å². The molecule has 1 aromatic heterocycles. The Labute approximate surface area is 181 Å². The Hall–Kier alpha value is -2.29. The molecule has 0 radical (unpaired) electrons.